The Kier molecular flexibility index (Phi) is 4.08. The van der Waals surface area contributed by atoms with Gasteiger partial charge in [-0.25, -0.2) is 4.79 Å². The van der Waals surface area contributed by atoms with Gasteiger partial charge in [0.25, 0.3) is 0 Å². The van der Waals surface area contributed by atoms with Crippen molar-refractivity contribution in [3.63, 3.8) is 0 Å². The molecule has 0 saturated carbocycles. The zero-order valence-electron chi connectivity index (χ0n) is 12.4. The third kappa shape index (κ3) is 3.17. The number of nitrogens with one attached hydrogen (secondary N) is 1. The van der Waals surface area contributed by atoms with E-state index in [-0.39, 0.29) is 6.03 Å². The molecule has 3 rings (SSSR count). The van der Waals surface area contributed by atoms with Crippen LogP contribution in [0.2, 0.25) is 0 Å². The molecule has 1 aromatic heterocycles. The summed E-state index contributed by atoms with van der Waals surface area (Å²) in [6.07, 6.45) is 4.63. The zero-order valence-corrected chi connectivity index (χ0v) is 12.4. The van der Waals surface area contributed by atoms with Crippen LogP contribution in [0.1, 0.15) is 36.9 Å². The molecule has 112 valence electrons. The topological polar surface area (TPSA) is 58.4 Å². The van der Waals surface area contributed by atoms with Crippen molar-refractivity contribution in [2.45, 2.75) is 39.2 Å². The smallest absolute Gasteiger partial charge is 0.317 e. The molecule has 0 unspecified atom stereocenters. The van der Waals surface area contributed by atoms with E-state index in [1.807, 2.05) is 30.0 Å². The highest BCUT2D eigenvalue weighted by molar-refractivity contribution is 5.81. The molecule has 2 amide bonds. The van der Waals surface area contributed by atoms with E-state index in [0.717, 1.165) is 48.2 Å². The second kappa shape index (κ2) is 6.16. The standard InChI is InChI=1S/C16H21N3O2/c1-12-6-7-15-13(10-12)14(18-21-15)11-17-16(20)19-8-4-2-3-5-9-19/h6-7,10H,2-5,8-9,11H2,1H3,(H,17,20). The van der Waals surface area contributed by atoms with Crippen LogP contribution in [0.4, 0.5) is 4.79 Å². The van der Waals surface area contributed by atoms with Gasteiger partial charge in [0.1, 0.15) is 5.69 Å². The van der Waals surface area contributed by atoms with Gasteiger partial charge in [-0.05, 0) is 31.9 Å². The molecule has 21 heavy (non-hydrogen) atoms. The van der Waals surface area contributed by atoms with Gasteiger partial charge >= 0.3 is 6.03 Å². The predicted octanol–water partition coefficient (Wildman–Crippen LogP) is 3.22. The van der Waals surface area contributed by atoms with E-state index >= 15 is 0 Å². The van der Waals surface area contributed by atoms with Gasteiger partial charge in [-0.15, -0.1) is 0 Å². The number of likely N-dealkylation sites (tertiary alicyclic amines) is 1. The largest absolute Gasteiger partial charge is 0.356 e. The third-order valence-electron chi connectivity index (χ3n) is 4.00. The average Bonchev–Trinajstić information content (AvgIpc) is 2.71. The summed E-state index contributed by atoms with van der Waals surface area (Å²) in [5.74, 6) is 0. The highest BCUT2D eigenvalue weighted by Gasteiger charge is 2.16. The maximum atomic E-state index is 12.2. The van der Waals surface area contributed by atoms with Crippen LogP contribution in [0.3, 0.4) is 0 Å². The molecule has 1 aliphatic heterocycles. The lowest BCUT2D eigenvalue weighted by atomic mass is 10.1. The Morgan fingerprint density at radius 2 is 2.05 bits per heavy atom. The number of hydrogen-bond donors (Lipinski definition) is 1. The summed E-state index contributed by atoms with van der Waals surface area (Å²) < 4.78 is 5.29. The lowest BCUT2D eigenvalue weighted by molar-refractivity contribution is 0.199. The van der Waals surface area contributed by atoms with Crippen molar-refractivity contribution in [1.82, 2.24) is 15.4 Å². The molecule has 0 spiro atoms. The van der Waals surface area contributed by atoms with Crippen LogP contribution < -0.4 is 5.32 Å². The molecular formula is C16H21N3O2. The van der Waals surface area contributed by atoms with Crippen LogP contribution in [-0.2, 0) is 6.54 Å². The first-order chi connectivity index (χ1) is 10.2. The highest BCUT2D eigenvalue weighted by atomic mass is 16.5. The lowest BCUT2D eigenvalue weighted by Gasteiger charge is -2.20. The number of rotatable bonds is 2. The van der Waals surface area contributed by atoms with Crippen molar-refractivity contribution in [3.05, 3.63) is 29.5 Å². The number of hydrogen-bond acceptors (Lipinski definition) is 3. The van der Waals surface area contributed by atoms with Crippen molar-refractivity contribution in [2.75, 3.05) is 13.1 Å². The van der Waals surface area contributed by atoms with Crippen molar-refractivity contribution < 1.29 is 9.32 Å². The van der Waals surface area contributed by atoms with Gasteiger partial charge in [-0.1, -0.05) is 29.6 Å². The van der Waals surface area contributed by atoms with E-state index in [2.05, 4.69) is 10.5 Å². The second-order valence-electron chi connectivity index (χ2n) is 5.69. The molecule has 1 aromatic carbocycles. The summed E-state index contributed by atoms with van der Waals surface area (Å²) in [6, 6.07) is 5.95. The normalized spacial score (nSPS) is 16.0. The maximum Gasteiger partial charge on any atom is 0.317 e. The lowest BCUT2D eigenvalue weighted by Crippen LogP contribution is -2.40. The van der Waals surface area contributed by atoms with Crippen LogP contribution >= 0.6 is 0 Å². The summed E-state index contributed by atoms with van der Waals surface area (Å²) in [6.45, 7) is 4.15. The molecule has 2 aromatic rings. The van der Waals surface area contributed by atoms with Crippen LogP contribution in [0, 0.1) is 6.92 Å². The van der Waals surface area contributed by atoms with E-state index in [1.165, 1.54) is 12.8 Å². The summed E-state index contributed by atoms with van der Waals surface area (Å²) in [4.78, 5) is 14.1. The Hall–Kier alpha value is -2.04. The minimum Gasteiger partial charge on any atom is -0.356 e. The van der Waals surface area contributed by atoms with Crippen molar-refractivity contribution in [1.29, 1.82) is 0 Å². The van der Waals surface area contributed by atoms with Gasteiger partial charge in [-0.3, -0.25) is 0 Å². The molecule has 0 radical (unpaired) electrons. The van der Waals surface area contributed by atoms with E-state index in [0.29, 0.717) is 6.54 Å². The molecule has 1 saturated heterocycles. The Bertz CT molecular complexity index is 627. The Labute approximate surface area is 124 Å². The van der Waals surface area contributed by atoms with Crippen molar-refractivity contribution in [2.24, 2.45) is 0 Å². The molecule has 1 fully saturated rings. The first-order valence-corrected chi connectivity index (χ1v) is 7.62. The third-order valence-corrected chi connectivity index (χ3v) is 4.00. The van der Waals surface area contributed by atoms with Gasteiger partial charge < -0.3 is 14.7 Å². The molecule has 0 aliphatic carbocycles. The summed E-state index contributed by atoms with van der Waals surface area (Å²) >= 11 is 0. The monoisotopic (exact) mass is 287 g/mol. The van der Waals surface area contributed by atoms with Gasteiger partial charge in [-0.2, -0.15) is 0 Å². The summed E-state index contributed by atoms with van der Waals surface area (Å²) in [5.41, 5.74) is 2.71. The number of aryl methyl sites for hydroxylation is 1. The van der Waals surface area contributed by atoms with E-state index in [9.17, 15) is 4.79 Å². The minimum absolute atomic E-state index is 0.000651. The number of nitrogens with zero attached hydrogens (tertiary/aromatic N) is 2. The minimum atomic E-state index is 0.000651. The van der Waals surface area contributed by atoms with Gasteiger partial charge in [0.05, 0.1) is 6.54 Å². The molecular weight excluding hydrogens is 266 g/mol. The molecule has 0 bridgehead atoms. The SMILES string of the molecule is Cc1ccc2onc(CNC(=O)N3CCCCCC3)c2c1. The Morgan fingerprint density at radius 3 is 2.81 bits per heavy atom. The van der Waals surface area contributed by atoms with E-state index < -0.39 is 0 Å². The Morgan fingerprint density at radius 1 is 1.29 bits per heavy atom. The van der Waals surface area contributed by atoms with Crippen LogP contribution in [0.25, 0.3) is 11.0 Å². The average molecular weight is 287 g/mol. The highest BCUT2D eigenvalue weighted by Crippen LogP contribution is 2.19. The fourth-order valence-electron chi connectivity index (χ4n) is 2.77. The number of urea groups is 1. The number of amides is 2. The molecule has 1 N–H and O–H groups in total. The number of benzene rings is 1. The second-order valence-corrected chi connectivity index (χ2v) is 5.69. The number of aromatic nitrogens is 1. The molecule has 2 heterocycles. The number of carbonyl (C=O) groups excluding carboxylic acids is 1. The van der Waals surface area contributed by atoms with Crippen LogP contribution in [0.15, 0.2) is 22.7 Å². The maximum absolute atomic E-state index is 12.2. The first-order valence-electron chi connectivity index (χ1n) is 7.62. The Balaban J connectivity index is 1.65. The first kappa shape index (κ1) is 13.9. The van der Waals surface area contributed by atoms with Crippen molar-refractivity contribution >= 4 is 17.0 Å². The van der Waals surface area contributed by atoms with Gasteiger partial charge in [0, 0.05) is 18.5 Å². The quantitative estimate of drug-likeness (QED) is 0.922. The summed E-state index contributed by atoms with van der Waals surface area (Å²) in [5, 5.41) is 8.00. The number of fused-ring (bicyclic) bond motifs is 1. The molecule has 5 nitrogen and oxygen atoms in total. The van der Waals surface area contributed by atoms with E-state index in [4.69, 9.17) is 4.52 Å². The predicted molar refractivity (Wildman–Crippen MR) is 81.0 cm³/mol. The molecule has 0 atom stereocenters. The van der Waals surface area contributed by atoms with Crippen molar-refractivity contribution in [3.8, 4) is 0 Å². The zero-order chi connectivity index (χ0) is 14.7. The molecule has 1 aliphatic rings. The van der Waals surface area contributed by atoms with E-state index in [1.54, 1.807) is 0 Å². The molecule has 5 heteroatoms. The van der Waals surface area contributed by atoms with Gasteiger partial charge in [0.2, 0.25) is 0 Å². The van der Waals surface area contributed by atoms with Gasteiger partial charge in [0.15, 0.2) is 5.58 Å². The number of carbonyl (C=O) groups is 1. The van der Waals surface area contributed by atoms with Crippen LogP contribution in [-0.4, -0.2) is 29.2 Å². The fraction of sp³-hybridized carbons (Fsp3) is 0.500. The summed E-state index contributed by atoms with van der Waals surface area (Å²) in [7, 11) is 0. The van der Waals surface area contributed by atoms with Crippen LogP contribution in [0.5, 0.6) is 0 Å². The fourth-order valence-corrected chi connectivity index (χ4v) is 2.77.